The highest BCUT2D eigenvalue weighted by molar-refractivity contribution is 7.00. The van der Waals surface area contributed by atoms with Crippen LogP contribution in [0.3, 0.4) is 0 Å². The molecule has 1 aliphatic rings. The minimum Gasteiger partial charge on any atom is -0.508 e. The standard InChI is InChI=1S/C17H14N2O5S/c1-22-15(21)7-10(9-2-5-13-14(6-9)24-8-23-13)16-12(20)4-3-11-17(16)19-25-18-11/h2-6,10,20H,7-8H2,1H3. The molecule has 3 aromatic rings. The molecule has 128 valence electrons. The number of phenols is 1. The number of benzene rings is 2. The molecule has 1 aliphatic heterocycles. The van der Waals surface area contributed by atoms with Crippen molar-refractivity contribution < 1.29 is 24.1 Å². The molecule has 2 aromatic carbocycles. The van der Waals surface area contributed by atoms with Gasteiger partial charge in [-0.05, 0) is 29.8 Å². The van der Waals surface area contributed by atoms with Crippen LogP contribution in [0.1, 0.15) is 23.5 Å². The largest absolute Gasteiger partial charge is 0.508 e. The van der Waals surface area contributed by atoms with Gasteiger partial charge in [-0.1, -0.05) is 6.07 Å². The van der Waals surface area contributed by atoms with Crippen molar-refractivity contribution in [1.29, 1.82) is 0 Å². The van der Waals surface area contributed by atoms with Crippen molar-refractivity contribution in [2.24, 2.45) is 0 Å². The van der Waals surface area contributed by atoms with Crippen LogP contribution in [0.25, 0.3) is 11.0 Å². The van der Waals surface area contributed by atoms with Crippen LogP contribution in [0.15, 0.2) is 30.3 Å². The van der Waals surface area contributed by atoms with Gasteiger partial charge in [0.15, 0.2) is 11.5 Å². The minimum atomic E-state index is -0.449. The third-order valence-electron chi connectivity index (χ3n) is 4.19. The van der Waals surface area contributed by atoms with Crippen LogP contribution in [0.4, 0.5) is 0 Å². The molecule has 0 fully saturated rings. The third kappa shape index (κ3) is 2.74. The fourth-order valence-electron chi connectivity index (χ4n) is 2.97. The molecule has 25 heavy (non-hydrogen) atoms. The van der Waals surface area contributed by atoms with Crippen LogP contribution in [-0.4, -0.2) is 33.7 Å². The maximum atomic E-state index is 12.0. The molecule has 4 rings (SSSR count). The Morgan fingerprint density at radius 2 is 2.12 bits per heavy atom. The summed E-state index contributed by atoms with van der Waals surface area (Å²) in [5, 5.41) is 10.5. The van der Waals surface area contributed by atoms with Crippen LogP contribution in [-0.2, 0) is 9.53 Å². The summed E-state index contributed by atoms with van der Waals surface area (Å²) >= 11 is 1.06. The average molecular weight is 358 g/mol. The number of nitrogens with zero attached hydrogens (tertiary/aromatic N) is 2. The lowest BCUT2D eigenvalue weighted by molar-refractivity contribution is -0.140. The molecular weight excluding hydrogens is 344 g/mol. The minimum absolute atomic E-state index is 0.0559. The first-order chi connectivity index (χ1) is 12.2. The van der Waals surface area contributed by atoms with Gasteiger partial charge in [-0.25, -0.2) is 0 Å². The topological polar surface area (TPSA) is 90.8 Å². The van der Waals surface area contributed by atoms with E-state index < -0.39 is 5.92 Å². The molecule has 0 saturated heterocycles. The number of hydrogen-bond donors (Lipinski definition) is 1. The summed E-state index contributed by atoms with van der Waals surface area (Å²) in [5.41, 5.74) is 2.60. The second-order valence-electron chi connectivity index (χ2n) is 5.58. The van der Waals surface area contributed by atoms with Crippen molar-refractivity contribution in [2.45, 2.75) is 12.3 Å². The zero-order valence-corrected chi connectivity index (χ0v) is 14.1. The first-order valence-electron chi connectivity index (χ1n) is 7.58. The van der Waals surface area contributed by atoms with Gasteiger partial charge in [0.25, 0.3) is 0 Å². The monoisotopic (exact) mass is 358 g/mol. The molecule has 0 saturated carbocycles. The van der Waals surface area contributed by atoms with E-state index in [9.17, 15) is 9.90 Å². The van der Waals surface area contributed by atoms with Gasteiger partial charge in [0.05, 0.1) is 25.3 Å². The van der Waals surface area contributed by atoms with Crippen molar-refractivity contribution in [2.75, 3.05) is 13.9 Å². The lowest BCUT2D eigenvalue weighted by Crippen LogP contribution is -2.11. The van der Waals surface area contributed by atoms with Crippen molar-refractivity contribution in [1.82, 2.24) is 8.75 Å². The van der Waals surface area contributed by atoms with Crippen molar-refractivity contribution in [3.05, 3.63) is 41.5 Å². The number of fused-ring (bicyclic) bond motifs is 2. The third-order valence-corrected chi connectivity index (χ3v) is 4.73. The first kappa shape index (κ1) is 15.6. The lowest BCUT2D eigenvalue weighted by Gasteiger charge is -2.18. The van der Waals surface area contributed by atoms with E-state index in [2.05, 4.69) is 8.75 Å². The zero-order chi connectivity index (χ0) is 17.4. The molecule has 1 unspecified atom stereocenters. The van der Waals surface area contributed by atoms with Crippen LogP contribution in [0.5, 0.6) is 17.2 Å². The van der Waals surface area contributed by atoms with Crippen LogP contribution >= 0.6 is 11.7 Å². The fourth-order valence-corrected chi connectivity index (χ4v) is 3.52. The number of phenolic OH excluding ortho intramolecular Hbond substituents is 1. The van der Waals surface area contributed by atoms with Gasteiger partial charge in [0.2, 0.25) is 6.79 Å². The van der Waals surface area contributed by atoms with E-state index >= 15 is 0 Å². The van der Waals surface area contributed by atoms with Crippen molar-refractivity contribution >= 4 is 28.7 Å². The second-order valence-corrected chi connectivity index (χ2v) is 6.10. The molecule has 1 N–H and O–H groups in total. The van der Waals surface area contributed by atoms with E-state index in [4.69, 9.17) is 14.2 Å². The van der Waals surface area contributed by atoms with E-state index in [1.165, 1.54) is 7.11 Å². The van der Waals surface area contributed by atoms with Crippen LogP contribution in [0, 0.1) is 0 Å². The molecular formula is C17H14N2O5S. The number of methoxy groups -OCH3 is 1. The Hall–Kier alpha value is -2.87. The van der Waals surface area contributed by atoms with Gasteiger partial charge in [0, 0.05) is 11.5 Å². The van der Waals surface area contributed by atoms with Gasteiger partial charge in [-0.3, -0.25) is 4.79 Å². The SMILES string of the molecule is COC(=O)CC(c1ccc2c(c1)OCO2)c1c(O)ccc2nsnc12. The molecule has 0 aliphatic carbocycles. The number of ether oxygens (including phenoxy) is 3. The molecule has 2 heterocycles. The van der Waals surface area contributed by atoms with Gasteiger partial charge in [-0.2, -0.15) is 8.75 Å². The maximum absolute atomic E-state index is 12.0. The molecule has 0 bridgehead atoms. The summed E-state index contributed by atoms with van der Waals surface area (Å²) in [4.78, 5) is 12.0. The number of carbonyl (C=O) groups is 1. The summed E-state index contributed by atoms with van der Waals surface area (Å²) in [6.45, 7) is 0.164. The summed E-state index contributed by atoms with van der Waals surface area (Å²) in [6.07, 6.45) is 0.0559. The normalized spacial score (nSPS) is 13.8. The summed E-state index contributed by atoms with van der Waals surface area (Å²) in [6, 6.07) is 8.72. The fraction of sp³-hybridized carbons (Fsp3) is 0.235. The summed E-state index contributed by atoms with van der Waals surface area (Å²) in [7, 11) is 1.34. The van der Waals surface area contributed by atoms with Gasteiger partial charge in [-0.15, -0.1) is 0 Å². The number of aromatic hydroxyl groups is 1. The quantitative estimate of drug-likeness (QED) is 0.717. The molecule has 1 atom stereocenters. The predicted octanol–water partition coefficient (Wildman–Crippen LogP) is 2.82. The van der Waals surface area contributed by atoms with E-state index in [0.717, 1.165) is 17.3 Å². The summed E-state index contributed by atoms with van der Waals surface area (Å²) in [5.74, 6) is 0.484. The highest BCUT2D eigenvalue weighted by Gasteiger charge is 2.27. The van der Waals surface area contributed by atoms with E-state index in [-0.39, 0.29) is 24.9 Å². The number of aromatic nitrogens is 2. The maximum Gasteiger partial charge on any atom is 0.306 e. The Morgan fingerprint density at radius 3 is 2.96 bits per heavy atom. The predicted molar refractivity (Wildman–Crippen MR) is 90.1 cm³/mol. The molecule has 1 aromatic heterocycles. The van der Waals surface area contributed by atoms with E-state index in [1.54, 1.807) is 18.2 Å². The Balaban J connectivity index is 1.87. The highest BCUT2D eigenvalue weighted by atomic mass is 32.1. The molecule has 0 spiro atoms. The Morgan fingerprint density at radius 1 is 1.28 bits per heavy atom. The first-order valence-corrected chi connectivity index (χ1v) is 8.31. The Bertz CT molecular complexity index is 955. The van der Waals surface area contributed by atoms with E-state index in [1.807, 2.05) is 12.1 Å². The van der Waals surface area contributed by atoms with Gasteiger partial charge in [0.1, 0.15) is 16.8 Å². The Labute approximate surface area is 147 Å². The number of rotatable bonds is 4. The zero-order valence-electron chi connectivity index (χ0n) is 13.3. The Kier molecular flexibility index (Phi) is 3.89. The number of carbonyl (C=O) groups excluding carboxylic acids is 1. The van der Waals surface area contributed by atoms with Crippen molar-refractivity contribution in [3.63, 3.8) is 0 Å². The summed E-state index contributed by atoms with van der Waals surface area (Å²) < 4.78 is 24.1. The molecule has 0 amide bonds. The van der Waals surface area contributed by atoms with Gasteiger partial charge < -0.3 is 19.3 Å². The lowest BCUT2D eigenvalue weighted by atomic mass is 9.87. The van der Waals surface area contributed by atoms with Crippen molar-refractivity contribution in [3.8, 4) is 17.2 Å². The highest BCUT2D eigenvalue weighted by Crippen LogP contribution is 2.42. The molecule has 0 radical (unpaired) electrons. The molecule has 8 heteroatoms. The average Bonchev–Trinajstić information content (AvgIpc) is 3.28. The van der Waals surface area contributed by atoms with Crippen LogP contribution < -0.4 is 9.47 Å². The number of hydrogen-bond acceptors (Lipinski definition) is 8. The molecule has 7 nitrogen and oxygen atoms in total. The van der Waals surface area contributed by atoms with Gasteiger partial charge >= 0.3 is 5.97 Å². The van der Waals surface area contributed by atoms with Crippen LogP contribution in [0.2, 0.25) is 0 Å². The smallest absolute Gasteiger partial charge is 0.306 e. The van der Waals surface area contributed by atoms with E-state index in [0.29, 0.717) is 28.1 Å². The number of esters is 1. The second kappa shape index (κ2) is 6.21.